The summed E-state index contributed by atoms with van der Waals surface area (Å²) in [6, 6.07) is 6.92. The summed E-state index contributed by atoms with van der Waals surface area (Å²) in [4.78, 5) is 23.0. The minimum absolute atomic E-state index is 0.0316. The molecule has 0 radical (unpaired) electrons. The third-order valence-electron chi connectivity index (χ3n) is 2.96. The zero-order valence-corrected chi connectivity index (χ0v) is 10.4. The van der Waals surface area contributed by atoms with Gasteiger partial charge in [0.1, 0.15) is 6.10 Å². The molecule has 1 aromatic rings. The van der Waals surface area contributed by atoms with Gasteiger partial charge in [0.2, 0.25) is 5.91 Å². The highest BCUT2D eigenvalue weighted by Gasteiger charge is 2.22. The zero-order valence-electron chi connectivity index (χ0n) is 10.4. The number of rotatable bonds is 3. The van der Waals surface area contributed by atoms with Gasteiger partial charge in [-0.1, -0.05) is 0 Å². The van der Waals surface area contributed by atoms with Crippen LogP contribution >= 0.6 is 0 Å². The van der Waals surface area contributed by atoms with E-state index in [4.69, 9.17) is 4.74 Å². The van der Waals surface area contributed by atoms with Gasteiger partial charge < -0.3 is 10.1 Å². The van der Waals surface area contributed by atoms with Crippen molar-refractivity contribution >= 4 is 17.4 Å². The molecule has 0 aliphatic carbocycles. The lowest BCUT2D eigenvalue weighted by molar-refractivity contribution is -0.114. The lowest BCUT2D eigenvalue weighted by atomic mass is 10.00. The summed E-state index contributed by atoms with van der Waals surface area (Å²) in [7, 11) is 0. The van der Waals surface area contributed by atoms with Crippen LogP contribution in [0.3, 0.4) is 0 Å². The van der Waals surface area contributed by atoms with Gasteiger partial charge >= 0.3 is 0 Å². The Labute approximate surface area is 106 Å². The number of benzene rings is 1. The number of carbonyl (C=O) groups excluding carboxylic acids is 2. The number of nitrogens with one attached hydrogen (secondary N) is 1. The second-order valence-corrected chi connectivity index (χ2v) is 4.48. The van der Waals surface area contributed by atoms with Gasteiger partial charge in [0.15, 0.2) is 5.78 Å². The Morgan fingerprint density at radius 3 is 2.50 bits per heavy atom. The minimum Gasteiger partial charge on any atom is -0.370 e. The molecule has 0 saturated carbocycles. The standard InChI is InChI=1S/C14H17NO3/c1-10(16)15-12-7-5-11(6-8-12)14(17)13-4-2-3-9-18-13/h5-8,13H,2-4,9H2,1H3,(H,15,16). The van der Waals surface area contributed by atoms with Crippen LogP contribution in [0.4, 0.5) is 5.69 Å². The SMILES string of the molecule is CC(=O)Nc1ccc(C(=O)C2CCCCO2)cc1. The maximum Gasteiger partial charge on any atom is 0.221 e. The summed E-state index contributed by atoms with van der Waals surface area (Å²) in [5.74, 6) is -0.0891. The van der Waals surface area contributed by atoms with Crippen LogP contribution in [-0.4, -0.2) is 24.4 Å². The van der Waals surface area contributed by atoms with E-state index in [9.17, 15) is 9.59 Å². The molecule has 4 nitrogen and oxygen atoms in total. The third kappa shape index (κ3) is 3.17. The van der Waals surface area contributed by atoms with E-state index in [1.807, 2.05) is 0 Å². The fourth-order valence-corrected chi connectivity index (χ4v) is 2.05. The molecule has 4 heteroatoms. The number of ether oxygens (including phenoxy) is 1. The van der Waals surface area contributed by atoms with Gasteiger partial charge in [0, 0.05) is 24.8 Å². The second kappa shape index (κ2) is 5.78. The molecule has 1 saturated heterocycles. The van der Waals surface area contributed by atoms with Gasteiger partial charge in [0.05, 0.1) is 0 Å². The van der Waals surface area contributed by atoms with Gasteiger partial charge in [-0.25, -0.2) is 0 Å². The summed E-state index contributed by atoms with van der Waals surface area (Å²) in [6.45, 7) is 2.12. The van der Waals surface area contributed by atoms with Crippen LogP contribution in [0.15, 0.2) is 24.3 Å². The smallest absolute Gasteiger partial charge is 0.221 e. The van der Waals surface area contributed by atoms with E-state index in [0.717, 1.165) is 19.3 Å². The van der Waals surface area contributed by atoms with E-state index in [0.29, 0.717) is 17.9 Å². The minimum atomic E-state index is -0.301. The van der Waals surface area contributed by atoms with Crippen molar-refractivity contribution in [2.75, 3.05) is 11.9 Å². The monoisotopic (exact) mass is 247 g/mol. The number of hydrogen-bond donors (Lipinski definition) is 1. The van der Waals surface area contributed by atoms with E-state index in [2.05, 4.69) is 5.32 Å². The topological polar surface area (TPSA) is 55.4 Å². The first-order chi connectivity index (χ1) is 8.66. The first kappa shape index (κ1) is 12.8. The predicted molar refractivity (Wildman–Crippen MR) is 68.7 cm³/mol. The first-order valence-corrected chi connectivity index (χ1v) is 6.20. The van der Waals surface area contributed by atoms with E-state index in [1.165, 1.54) is 6.92 Å². The molecule has 1 aliphatic heterocycles. The van der Waals surface area contributed by atoms with E-state index in [-0.39, 0.29) is 17.8 Å². The number of amides is 1. The first-order valence-electron chi connectivity index (χ1n) is 6.20. The highest BCUT2D eigenvalue weighted by Crippen LogP contribution is 2.18. The number of ketones is 1. The Balaban J connectivity index is 2.04. The summed E-state index contributed by atoms with van der Waals surface area (Å²) in [5.41, 5.74) is 1.33. The lowest BCUT2D eigenvalue weighted by Crippen LogP contribution is -2.28. The van der Waals surface area contributed by atoms with Crippen LogP contribution in [0, 0.1) is 0 Å². The van der Waals surface area contributed by atoms with Crippen LogP contribution in [0.1, 0.15) is 36.5 Å². The highest BCUT2D eigenvalue weighted by atomic mass is 16.5. The molecule has 1 unspecified atom stereocenters. The van der Waals surface area contributed by atoms with Crippen molar-refractivity contribution in [1.82, 2.24) is 0 Å². The number of anilines is 1. The second-order valence-electron chi connectivity index (χ2n) is 4.48. The van der Waals surface area contributed by atoms with Crippen molar-refractivity contribution in [3.8, 4) is 0 Å². The fourth-order valence-electron chi connectivity index (χ4n) is 2.05. The van der Waals surface area contributed by atoms with E-state index in [1.54, 1.807) is 24.3 Å². The molecule has 1 aliphatic rings. The quantitative estimate of drug-likeness (QED) is 0.834. The van der Waals surface area contributed by atoms with Crippen LogP contribution in [-0.2, 0) is 9.53 Å². The summed E-state index contributed by atoms with van der Waals surface area (Å²) >= 11 is 0. The van der Waals surface area contributed by atoms with Crippen LogP contribution in [0.5, 0.6) is 0 Å². The summed E-state index contributed by atoms with van der Waals surface area (Å²) in [6.07, 6.45) is 2.57. The summed E-state index contributed by atoms with van der Waals surface area (Å²) < 4.78 is 5.47. The van der Waals surface area contributed by atoms with Crippen LogP contribution < -0.4 is 5.32 Å². The van der Waals surface area contributed by atoms with Gasteiger partial charge in [-0.3, -0.25) is 9.59 Å². The lowest BCUT2D eigenvalue weighted by Gasteiger charge is -2.21. The van der Waals surface area contributed by atoms with Crippen molar-refractivity contribution in [2.45, 2.75) is 32.3 Å². The third-order valence-corrected chi connectivity index (χ3v) is 2.96. The molecule has 1 N–H and O–H groups in total. The van der Waals surface area contributed by atoms with E-state index >= 15 is 0 Å². The molecular formula is C14H17NO3. The molecule has 0 aromatic heterocycles. The molecular weight excluding hydrogens is 230 g/mol. The normalized spacial score (nSPS) is 19.3. The average molecular weight is 247 g/mol. The Bertz CT molecular complexity index is 433. The Morgan fingerprint density at radius 1 is 1.22 bits per heavy atom. The van der Waals surface area contributed by atoms with Crippen molar-refractivity contribution in [3.05, 3.63) is 29.8 Å². The molecule has 0 bridgehead atoms. The Hall–Kier alpha value is -1.68. The molecule has 1 aromatic carbocycles. The van der Waals surface area contributed by atoms with Gasteiger partial charge in [-0.05, 0) is 43.5 Å². The molecule has 0 spiro atoms. The number of hydrogen-bond acceptors (Lipinski definition) is 3. The van der Waals surface area contributed by atoms with Crippen molar-refractivity contribution in [1.29, 1.82) is 0 Å². The largest absolute Gasteiger partial charge is 0.370 e. The Morgan fingerprint density at radius 2 is 1.94 bits per heavy atom. The molecule has 1 atom stereocenters. The maximum absolute atomic E-state index is 12.1. The molecule has 1 heterocycles. The fraction of sp³-hybridized carbons (Fsp3) is 0.429. The molecule has 1 fully saturated rings. The van der Waals surface area contributed by atoms with Crippen molar-refractivity contribution in [2.24, 2.45) is 0 Å². The van der Waals surface area contributed by atoms with Crippen LogP contribution in [0.25, 0.3) is 0 Å². The maximum atomic E-state index is 12.1. The average Bonchev–Trinajstić information content (AvgIpc) is 2.39. The zero-order chi connectivity index (χ0) is 13.0. The molecule has 18 heavy (non-hydrogen) atoms. The predicted octanol–water partition coefficient (Wildman–Crippen LogP) is 2.40. The van der Waals surface area contributed by atoms with Crippen molar-refractivity contribution in [3.63, 3.8) is 0 Å². The Kier molecular flexibility index (Phi) is 4.10. The van der Waals surface area contributed by atoms with Gasteiger partial charge in [-0.15, -0.1) is 0 Å². The van der Waals surface area contributed by atoms with Gasteiger partial charge in [0.25, 0.3) is 0 Å². The van der Waals surface area contributed by atoms with Gasteiger partial charge in [-0.2, -0.15) is 0 Å². The van der Waals surface area contributed by atoms with Crippen LogP contribution in [0.2, 0.25) is 0 Å². The number of Topliss-reactive ketones (excluding diaryl/α,β-unsaturated/α-hetero) is 1. The number of carbonyl (C=O) groups is 2. The summed E-state index contributed by atoms with van der Waals surface area (Å²) in [5, 5.41) is 2.67. The highest BCUT2D eigenvalue weighted by molar-refractivity contribution is 6.00. The molecule has 96 valence electrons. The van der Waals surface area contributed by atoms with E-state index < -0.39 is 0 Å². The van der Waals surface area contributed by atoms with Crippen molar-refractivity contribution < 1.29 is 14.3 Å². The molecule has 2 rings (SSSR count). The molecule has 1 amide bonds.